The molecule has 0 aliphatic carbocycles. The molecular formula is C24H24ClN3O3. The van der Waals surface area contributed by atoms with E-state index in [1.807, 2.05) is 48.7 Å². The van der Waals surface area contributed by atoms with Crippen LogP contribution in [0.4, 0.5) is 11.4 Å². The van der Waals surface area contributed by atoms with Crippen LogP contribution in [0.2, 0.25) is 5.02 Å². The van der Waals surface area contributed by atoms with Crippen molar-refractivity contribution in [3.05, 3.63) is 76.6 Å². The van der Waals surface area contributed by atoms with Gasteiger partial charge in [0.05, 0.1) is 5.56 Å². The SMILES string of the molecule is Cc1cc(C(=O)Nc2ccc(NC(=O)C3CCCO3)cc2)c(C)n1-c1ccc(Cl)cc1. The fraction of sp³-hybridized carbons (Fsp3) is 0.250. The van der Waals surface area contributed by atoms with Crippen LogP contribution in [-0.4, -0.2) is 29.1 Å². The Morgan fingerprint density at radius 3 is 2.26 bits per heavy atom. The van der Waals surface area contributed by atoms with E-state index in [0.29, 0.717) is 28.6 Å². The van der Waals surface area contributed by atoms with Crippen molar-refractivity contribution < 1.29 is 14.3 Å². The second-order valence-electron chi connectivity index (χ2n) is 7.62. The van der Waals surface area contributed by atoms with Gasteiger partial charge in [-0.1, -0.05) is 11.6 Å². The Morgan fingerprint density at radius 2 is 1.65 bits per heavy atom. The summed E-state index contributed by atoms with van der Waals surface area (Å²) in [5.41, 5.74) is 4.67. The number of carbonyl (C=O) groups excluding carboxylic acids is 2. The summed E-state index contributed by atoms with van der Waals surface area (Å²) in [6.45, 7) is 4.51. The molecule has 4 rings (SSSR count). The number of rotatable bonds is 5. The molecule has 0 spiro atoms. The van der Waals surface area contributed by atoms with Crippen molar-refractivity contribution in [3.8, 4) is 5.69 Å². The highest BCUT2D eigenvalue weighted by molar-refractivity contribution is 6.30. The Morgan fingerprint density at radius 1 is 1.00 bits per heavy atom. The second kappa shape index (κ2) is 8.96. The van der Waals surface area contributed by atoms with Gasteiger partial charge >= 0.3 is 0 Å². The van der Waals surface area contributed by atoms with Crippen molar-refractivity contribution in [1.82, 2.24) is 4.57 Å². The largest absolute Gasteiger partial charge is 0.368 e. The van der Waals surface area contributed by atoms with Gasteiger partial charge in [-0.3, -0.25) is 9.59 Å². The standard InChI is InChI=1S/C24H24ClN3O3/c1-15-14-21(16(2)28(15)20-11-5-17(25)6-12-20)23(29)26-18-7-9-19(10-8-18)27-24(30)22-4-3-13-31-22/h5-12,14,22H,3-4,13H2,1-2H3,(H,26,29)(H,27,30). The minimum absolute atomic E-state index is 0.135. The molecule has 2 N–H and O–H groups in total. The average Bonchev–Trinajstić information content (AvgIpc) is 3.39. The molecule has 1 fully saturated rings. The van der Waals surface area contributed by atoms with E-state index in [4.69, 9.17) is 16.3 Å². The number of aryl methyl sites for hydroxylation is 1. The molecule has 6 nitrogen and oxygen atoms in total. The van der Waals surface area contributed by atoms with Crippen LogP contribution in [0.3, 0.4) is 0 Å². The van der Waals surface area contributed by atoms with Crippen LogP contribution in [-0.2, 0) is 9.53 Å². The maximum atomic E-state index is 12.9. The van der Waals surface area contributed by atoms with E-state index in [9.17, 15) is 9.59 Å². The quantitative estimate of drug-likeness (QED) is 0.582. The van der Waals surface area contributed by atoms with Crippen molar-refractivity contribution in [2.45, 2.75) is 32.8 Å². The van der Waals surface area contributed by atoms with Gasteiger partial charge in [-0.15, -0.1) is 0 Å². The fourth-order valence-electron chi connectivity index (χ4n) is 3.82. The minimum Gasteiger partial charge on any atom is -0.368 e. The van der Waals surface area contributed by atoms with Gasteiger partial charge in [-0.2, -0.15) is 0 Å². The summed E-state index contributed by atoms with van der Waals surface area (Å²) in [5, 5.41) is 6.44. The third-order valence-corrected chi connectivity index (χ3v) is 5.64. The zero-order chi connectivity index (χ0) is 22.0. The lowest BCUT2D eigenvalue weighted by Crippen LogP contribution is -2.26. The van der Waals surface area contributed by atoms with E-state index in [-0.39, 0.29) is 17.9 Å². The highest BCUT2D eigenvalue weighted by Gasteiger charge is 2.23. The topological polar surface area (TPSA) is 72.4 Å². The Balaban J connectivity index is 1.45. The number of halogens is 1. The van der Waals surface area contributed by atoms with Gasteiger partial charge in [0, 0.05) is 40.1 Å². The molecule has 160 valence electrons. The molecule has 2 aromatic carbocycles. The van der Waals surface area contributed by atoms with E-state index in [1.165, 1.54) is 0 Å². The van der Waals surface area contributed by atoms with Crippen molar-refractivity contribution in [2.24, 2.45) is 0 Å². The van der Waals surface area contributed by atoms with Gasteiger partial charge in [0.15, 0.2) is 0 Å². The fourth-order valence-corrected chi connectivity index (χ4v) is 3.95. The van der Waals surface area contributed by atoms with E-state index in [2.05, 4.69) is 10.6 Å². The number of amides is 2. The summed E-state index contributed by atoms with van der Waals surface area (Å²) in [7, 11) is 0. The summed E-state index contributed by atoms with van der Waals surface area (Å²) in [5.74, 6) is -0.326. The number of anilines is 2. The van der Waals surface area contributed by atoms with Gasteiger partial charge in [-0.25, -0.2) is 0 Å². The van der Waals surface area contributed by atoms with Gasteiger partial charge in [0.1, 0.15) is 6.10 Å². The number of ether oxygens (including phenoxy) is 1. The van der Waals surface area contributed by atoms with Crippen molar-refractivity contribution in [2.75, 3.05) is 17.2 Å². The van der Waals surface area contributed by atoms with Crippen LogP contribution >= 0.6 is 11.6 Å². The van der Waals surface area contributed by atoms with Gasteiger partial charge in [-0.05, 0) is 81.3 Å². The van der Waals surface area contributed by atoms with E-state index >= 15 is 0 Å². The first kappa shape index (κ1) is 21.2. The number of hydrogen-bond acceptors (Lipinski definition) is 3. The zero-order valence-electron chi connectivity index (χ0n) is 17.4. The molecule has 1 aliphatic heterocycles. The summed E-state index contributed by atoms with van der Waals surface area (Å²) < 4.78 is 7.42. The molecule has 0 bridgehead atoms. The predicted molar refractivity (Wildman–Crippen MR) is 122 cm³/mol. The molecule has 2 heterocycles. The van der Waals surface area contributed by atoms with Crippen LogP contribution in [0.5, 0.6) is 0 Å². The number of hydrogen-bond donors (Lipinski definition) is 2. The number of nitrogens with zero attached hydrogens (tertiary/aromatic N) is 1. The average molecular weight is 438 g/mol. The summed E-state index contributed by atoms with van der Waals surface area (Å²) in [6.07, 6.45) is 1.27. The Labute approximate surface area is 186 Å². The smallest absolute Gasteiger partial charge is 0.257 e. The number of carbonyl (C=O) groups is 2. The van der Waals surface area contributed by atoms with Gasteiger partial charge in [0.2, 0.25) is 0 Å². The second-order valence-corrected chi connectivity index (χ2v) is 8.06. The van der Waals surface area contributed by atoms with Crippen molar-refractivity contribution in [1.29, 1.82) is 0 Å². The predicted octanol–water partition coefficient (Wildman–Crippen LogP) is 5.12. The maximum absolute atomic E-state index is 12.9. The Hall–Kier alpha value is -3.09. The molecule has 1 saturated heterocycles. The molecule has 1 unspecified atom stereocenters. The first-order valence-electron chi connectivity index (χ1n) is 10.2. The molecule has 0 radical (unpaired) electrons. The van der Waals surface area contributed by atoms with Crippen molar-refractivity contribution >= 4 is 34.8 Å². The van der Waals surface area contributed by atoms with Crippen LogP contribution in [0.1, 0.15) is 34.6 Å². The van der Waals surface area contributed by atoms with Crippen molar-refractivity contribution in [3.63, 3.8) is 0 Å². The molecule has 3 aromatic rings. The van der Waals surface area contributed by atoms with E-state index in [1.54, 1.807) is 24.3 Å². The maximum Gasteiger partial charge on any atom is 0.257 e. The third-order valence-electron chi connectivity index (χ3n) is 5.39. The van der Waals surface area contributed by atoms with Crippen LogP contribution in [0.25, 0.3) is 5.69 Å². The number of benzene rings is 2. The summed E-state index contributed by atoms with van der Waals surface area (Å²) in [6, 6.07) is 16.4. The van der Waals surface area contributed by atoms with Gasteiger partial charge < -0.3 is 19.9 Å². The molecule has 0 saturated carbocycles. The number of nitrogens with one attached hydrogen (secondary N) is 2. The van der Waals surface area contributed by atoms with E-state index < -0.39 is 0 Å². The highest BCUT2D eigenvalue weighted by atomic mass is 35.5. The van der Waals surface area contributed by atoms with Gasteiger partial charge in [0.25, 0.3) is 11.8 Å². The molecule has 1 aliphatic rings. The molecule has 1 atom stereocenters. The molecule has 2 amide bonds. The Kier molecular flexibility index (Phi) is 6.11. The van der Waals surface area contributed by atoms with Crippen LogP contribution in [0, 0.1) is 13.8 Å². The summed E-state index contributed by atoms with van der Waals surface area (Å²) >= 11 is 5.99. The lowest BCUT2D eigenvalue weighted by molar-refractivity contribution is -0.124. The van der Waals surface area contributed by atoms with E-state index in [0.717, 1.165) is 29.9 Å². The van der Waals surface area contributed by atoms with Crippen LogP contribution < -0.4 is 10.6 Å². The molecular weight excluding hydrogens is 414 g/mol. The monoisotopic (exact) mass is 437 g/mol. The minimum atomic E-state index is -0.379. The summed E-state index contributed by atoms with van der Waals surface area (Å²) in [4.78, 5) is 25.0. The lowest BCUT2D eigenvalue weighted by atomic mass is 10.2. The molecule has 1 aromatic heterocycles. The van der Waals surface area contributed by atoms with Crippen LogP contribution in [0.15, 0.2) is 54.6 Å². The molecule has 7 heteroatoms. The highest BCUT2D eigenvalue weighted by Crippen LogP contribution is 2.24. The lowest BCUT2D eigenvalue weighted by Gasteiger charge is -2.12. The Bertz CT molecular complexity index is 1100. The first-order valence-corrected chi connectivity index (χ1v) is 10.6. The first-order chi connectivity index (χ1) is 14.9. The third kappa shape index (κ3) is 4.65. The normalized spacial score (nSPS) is 15.6. The zero-order valence-corrected chi connectivity index (χ0v) is 18.2. The molecule has 31 heavy (non-hydrogen) atoms. The number of aromatic nitrogens is 1.